The van der Waals surface area contributed by atoms with Gasteiger partial charge in [0.1, 0.15) is 5.82 Å². The summed E-state index contributed by atoms with van der Waals surface area (Å²) in [6, 6.07) is 19.0. The fraction of sp³-hybridized carbons (Fsp3) is 0.292. The Bertz CT molecular complexity index is 1210. The summed E-state index contributed by atoms with van der Waals surface area (Å²) in [5.74, 6) is -0.332. The van der Waals surface area contributed by atoms with Gasteiger partial charge in [0.25, 0.3) is 0 Å². The molecule has 1 aliphatic rings. The monoisotopic (exact) mass is 455 g/mol. The second-order valence-corrected chi connectivity index (χ2v) is 10.0. The Morgan fingerprint density at radius 1 is 0.938 bits per heavy atom. The lowest BCUT2D eigenvalue weighted by molar-refractivity contribution is -0.133. The zero-order valence-electron chi connectivity index (χ0n) is 17.9. The number of sulfonamides is 1. The van der Waals surface area contributed by atoms with E-state index in [1.165, 1.54) is 16.4 Å². The van der Waals surface area contributed by atoms with Crippen LogP contribution in [0.1, 0.15) is 5.56 Å². The average Bonchev–Trinajstić information content (AvgIpc) is 2.80. The van der Waals surface area contributed by atoms with E-state index in [1.807, 2.05) is 42.3 Å². The average molecular weight is 456 g/mol. The van der Waals surface area contributed by atoms with Crippen molar-refractivity contribution in [3.8, 4) is 0 Å². The van der Waals surface area contributed by atoms with Crippen LogP contribution in [0.25, 0.3) is 10.8 Å². The maximum Gasteiger partial charge on any atom is 0.243 e. The third-order valence-corrected chi connectivity index (χ3v) is 7.62. The van der Waals surface area contributed by atoms with Crippen LogP contribution in [0.5, 0.6) is 0 Å². The van der Waals surface area contributed by atoms with Crippen LogP contribution in [0.3, 0.4) is 0 Å². The Morgan fingerprint density at radius 2 is 1.59 bits per heavy atom. The molecule has 1 aliphatic heterocycles. The lowest BCUT2D eigenvalue weighted by atomic mass is 10.1. The second-order valence-electron chi connectivity index (χ2n) is 8.09. The van der Waals surface area contributed by atoms with Crippen molar-refractivity contribution < 1.29 is 17.6 Å². The summed E-state index contributed by atoms with van der Waals surface area (Å²) in [5.41, 5.74) is 0.924. The summed E-state index contributed by atoms with van der Waals surface area (Å²) in [6.07, 6.45) is 0. The number of fused-ring (bicyclic) bond motifs is 1. The molecule has 0 bridgehead atoms. The van der Waals surface area contributed by atoms with Crippen molar-refractivity contribution >= 4 is 26.7 Å². The van der Waals surface area contributed by atoms with E-state index in [1.54, 1.807) is 29.2 Å². The zero-order chi connectivity index (χ0) is 22.7. The molecule has 32 heavy (non-hydrogen) atoms. The molecule has 168 valence electrons. The number of benzene rings is 3. The summed E-state index contributed by atoms with van der Waals surface area (Å²) in [5, 5.41) is 1.87. The van der Waals surface area contributed by atoms with E-state index in [0.29, 0.717) is 19.6 Å². The Morgan fingerprint density at radius 3 is 2.28 bits per heavy atom. The molecule has 3 aromatic carbocycles. The van der Waals surface area contributed by atoms with Crippen molar-refractivity contribution in [3.63, 3.8) is 0 Å². The number of carbonyl (C=O) groups is 1. The maximum absolute atomic E-state index is 13.1. The normalized spacial score (nSPS) is 15.4. The molecule has 8 heteroatoms. The van der Waals surface area contributed by atoms with Gasteiger partial charge >= 0.3 is 0 Å². The van der Waals surface area contributed by atoms with Gasteiger partial charge in [-0.3, -0.25) is 9.69 Å². The molecule has 4 rings (SSSR count). The van der Waals surface area contributed by atoms with E-state index in [2.05, 4.69) is 0 Å². The number of nitrogens with zero attached hydrogens (tertiary/aromatic N) is 3. The molecule has 0 saturated carbocycles. The number of carbonyl (C=O) groups excluding carboxylic acids is 1. The molecular weight excluding hydrogens is 429 g/mol. The minimum Gasteiger partial charge on any atom is -0.339 e. The van der Waals surface area contributed by atoms with E-state index in [0.717, 1.165) is 16.3 Å². The Balaban J connectivity index is 1.34. The number of hydrogen-bond donors (Lipinski definition) is 0. The van der Waals surface area contributed by atoms with Crippen LogP contribution in [-0.2, 0) is 21.4 Å². The molecule has 0 unspecified atom stereocenters. The topological polar surface area (TPSA) is 60.9 Å². The largest absolute Gasteiger partial charge is 0.339 e. The van der Waals surface area contributed by atoms with Gasteiger partial charge in [0.15, 0.2) is 0 Å². The highest BCUT2D eigenvalue weighted by Gasteiger charge is 2.30. The van der Waals surface area contributed by atoms with Crippen LogP contribution in [0.15, 0.2) is 71.6 Å². The highest BCUT2D eigenvalue weighted by atomic mass is 32.2. The van der Waals surface area contributed by atoms with Gasteiger partial charge in [0, 0.05) is 32.7 Å². The van der Waals surface area contributed by atoms with E-state index >= 15 is 0 Å². The molecular formula is C24H26FN3O3S. The molecule has 0 radical (unpaired) electrons. The summed E-state index contributed by atoms with van der Waals surface area (Å²) < 4.78 is 40.7. The van der Waals surface area contributed by atoms with Crippen LogP contribution >= 0.6 is 0 Å². The fourth-order valence-electron chi connectivity index (χ4n) is 3.94. The molecule has 0 aliphatic carbocycles. The zero-order valence-corrected chi connectivity index (χ0v) is 18.8. The molecule has 1 heterocycles. The predicted molar refractivity (Wildman–Crippen MR) is 122 cm³/mol. The van der Waals surface area contributed by atoms with Gasteiger partial charge in [-0.2, -0.15) is 4.31 Å². The second kappa shape index (κ2) is 9.36. The van der Waals surface area contributed by atoms with E-state index in [-0.39, 0.29) is 36.3 Å². The predicted octanol–water partition coefficient (Wildman–Crippen LogP) is 2.94. The Hall–Kier alpha value is -2.81. The van der Waals surface area contributed by atoms with Crippen molar-refractivity contribution in [3.05, 3.63) is 78.1 Å². The van der Waals surface area contributed by atoms with Gasteiger partial charge in [-0.1, -0.05) is 42.5 Å². The van der Waals surface area contributed by atoms with Crippen molar-refractivity contribution in [2.75, 3.05) is 39.8 Å². The summed E-state index contributed by atoms with van der Waals surface area (Å²) in [7, 11) is -1.78. The first-order valence-corrected chi connectivity index (χ1v) is 12.0. The standard InChI is InChI=1S/C24H26FN3O3S/c1-26(17-19-6-9-22(25)10-7-19)18-24(29)27-12-14-28(15-13-27)32(30,31)23-11-8-20-4-2-3-5-21(20)16-23/h2-11,16H,12-15,17-18H2,1H3. The van der Waals surface area contributed by atoms with Gasteiger partial charge in [-0.05, 0) is 47.6 Å². The number of hydrogen-bond acceptors (Lipinski definition) is 4. The van der Waals surface area contributed by atoms with Gasteiger partial charge in [-0.15, -0.1) is 0 Å². The Kier molecular flexibility index (Phi) is 6.55. The minimum absolute atomic E-state index is 0.0441. The van der Waals surface area contributed by atoms with Gasteiger partial charge in [0.05, 0.1) is 11.4 Å². The molecule has 3 aromatic rings. The number of halogens is 1. The molecule has 0 spiro atoms. The van der Waals surface area contributed by atoms with E-state index in [4.69, 9.17) is 0 Å². The molecule has 6 nitrogen and oxygen atoms in total. The fourth-order valence-corrected chi connectivity index (χ4v) is 5.40. The number of likely N-dealkylation sites (N-methyl/N-ethyl adjacent to an activating group) is 1. The molecule has 0 N–H and O–H groups in total. The van der Waals surface area contributed by atoms with Crippen molar-refractivity contribution in [1.82, 2.24) is 14.1 Å². The van der Waals surface area contributed by atoms with Gasteiger partial charge in [0.2, 0.25) is 15.9 Å². The number of amides is 1. The highest BCUT2D eigenvalue weighted by Crippen LogP contribution is 2.23. The SMILES string of the molecule is CN(CC(=O)N1CCN(S(=O)(=O)c2ccc3ccccc3c2)CC1)Cc1ccc(F)cc1. The third-order valence-electron chi connectivity index (χ3n) is 5.72. The number of rotatable bonds is 6. The molecule has 0 atom stereocenters. The summed E-state index contributed by atoms with van der Waals surface area (Å²) >= 11 is 0. The van der Waals surface area contributed by atoms with Crippen LogP contribution in [0, 0.1) is 5.82 Å². The molecule has 1 amide bonds. The van der Waals surface area contributed by atoms with Crippen LogP contribution in [-0.4, -0.2) is 68.2 Å². The molecule has 1 saturated heterocycles. The maximum atomic E-state index is 13.1. The first-order valence-electron chi connectivity index (χ1n) is 10.5. The smallest absolute Gasteiger partial charge is 0.243 e. The van der Waals surface area contributed by atoms with Crippen LogP contribution < -0.4 is 0 Å². The van der Waals surface area contributed by atoms with Crippen molar-refractivity contribution in [1.29, 1.82) is 0 Å². The van der Waals surface area contributed by atoms with Crippen LogP contribution in [0.4, 0.5) is 4.39 Å². The van der Waals surface area contributed by atoms with Gasteiger partial charge in [-0.25, -0.2) is 12.8 Å². The molecule has 1 fully saturated rings. The van der Waals surface area contributed by atoms with Gasteiger partial charge < -0.3 is 4.90 Å². The lowest BCUT2D eigenvalue weighted by Gasteiger charge is -2.34. The first-order chi connectivity index (χ1) is 15.3. The lowest BCUT2D eigenvalue weighted by Crippen LogP contribution is -2.52. The van der Waals surface area contributed by atoms with Crippen molar-refractivity contribution in [2.24, 2.45) is 0 Å². The summed E-state index contributed by atoms with van der Waals surface area (Å²) in [6.45, 7) is 1.99. The first kappa shape index (κ1) is 22.4. The molecule has 0 aromatic heterocycles. The Labute approximate surface area is 187 Å². The van der Waals surface area contributed by atoms with Crippen LogP contribution in [0.2, 0.25) is 0 Å². The third kappa shape index (κ3) is 4.98. The summed E-state index contributed by atoms with van der Waals surface area (Å²) in [4.78, 5) is 16.5. The minimum atomic E-state index is -3.62. The quantitative estimate of drug-likeness (QED) is 0.574. The highest BCUT2D eigenvalue weighted by molar-refractivity contribution is 7.89. The van der Waals surface area contributed by atoms with Crippen molar-refractivity contribution in [2.45, 2.75) is 11.4 Å². The van der Waals surface area contributed by atoms with E-state index < -0.39 is 10.0 Å². The van der Waals surface area contributed by atoms with E-state index in [9.17, 15) is 17.6 Å². The number of piperazine rings is 1.